The van der Waals surface area contributed by atoms with Crippen molar-refractivity contribution in [1.82, 2.24) is 0 Å². The molecule has 0 aromatic carbocycles. The van der Waals surface area contributed by atoms with Gasteiger partial charge in [0.2, 0.25) is 0 Å². The summed E-state index contributed by atoms with van der Waals surface area (Å²) < 4.78 is 0. The zero-order valence-electron chi connectivity index (χ0n) is 14.2. The first-order chi connectivity index (χ1) is 11.4. The molecule has 140 valence electrons. The number of azide groups is 1. The first-order valence-corrected chi connectivity index (χ1v) is 8.92. The number of hydrogen-bond acceptors (Lipinski definition) is 8. The maximum atomic E-state index is 12.2. The largest absolute Gasteiger partial charge is 0.384 e. The average Bonchev–Trinajstić information content (AvgIpc) is 2.49. The molecule has 6 atom stereocenters. The molecule has 0 aromatic rings. The molecular formula is C14H21N3O7S. The average molecular weight is 375 g/mol. The fourth-order valence-electron chi connectivity index (χ4n) is 3.09. The number of aliphatic hydroxyl groups is 3. The van der Waals surface area contributed by atoms with E-state index in [2.05, 4.69) is 10.0 Å². The van der Waals surface area contributed by atoms with Crippen LogP contribution < -0.4 is 0 Å². The minimum absolute atomic E-state index is 0.540. The Labute approximate surface area is 146 Å². The van der Waals surface area contributed by atoms with Crippen LogP contribution in [-0.4, -0.2) is 72.1 Å². The fourth-order valence-corrected chi connectivity index (χ4v) is 6.16. The second-order valence-corrected chi connectivity index (χ2v) is 8.56. The molecule has 25 heavy (non-hydrogen) atoms. The van der Waals surface area contributed by atoms with Crippen LogP contribution in [0.2, 0.25) is 0 Å². The first-order valence-electron chi connectivity index (χ1n) is 7.32. The Morgan fingerprint density at radius 1 is 1.16 bits per heavy atom. The summed E-state index contributed by atoms with van der Waals surface area (Å²) in [6, 6.07) is -1.99. The quantitative estimate of drug-likeness (QED) is 0.210. The molecule has 0 amide bonds. The van der Waals surface area contributed by atoms with Gasteiger partial charge in [-0.3, -0.25) is 19.2 Å². The van der Waals surface area contributed by atoms with Gasteiger partial charge in [-0.2, -0.15) is 10.9 Å². The SMILES string of the molecule is CC(=O)C(O)[C@@H]1[SH](C(C)=O)CC(O)(C(C)=O)[C@H](N=[N+]=[N-])C1(O)C(C)=O. The lowest BCUT2D eigenvalue weighted by molar-refractivity contribution is -0.159. The number of aliphatic hydroxyl groups excluding tert-OH is 1. The molecule has 1 heterocycles. The Balaban J connectivity index is 3.83. The molecule has 3 N–H and O–H groups in total. The molecule has 1 fully saturated rings. The molecule has 1 aliphatic heterocycles. The topological polar surface area (TPSA) is 178 Å². The molecule has 0 aliphatic carbocycles. The van der Waals surface area contributed by atoms with Crippen LogP contribution in [0.5, 0.6) is 0 Å². The minimum atomic E-state index is -2.76. The molecule has 4 unspecified atom stereocenters. The van der Waals surface area contributed by atoms with Crippen molar-refractivity contribution in [3.05, 3.63) is 10.4 Å². The van der Waals surface area contributed by atoms with E-state index in [9.17, 15) is 34.5 Å². The van der Waals surface area contributed by atoms with Crippen molar-refractivity contribution in [2.75, 3.05) is 5.75 Å². The summed E-state index contributed by atoms with van der Waals surface area (Å²) in [5, 5.41) is 33.1. The van der Waals surface area contributed by atoms with Crippen LogP contribution >= 0.6 is 10.9 Å². The maximum Gasteiger partial charge on any atom is 0.166 e. The number of thiol groups is 1. The van der Waals surface area contributed by atoms with Gasteiger partial charge in [-0.05, 0) is 26.3 Å². The lowest BCUT2D eigenvalue weighted by Gasteiger charge is -2.54. The summed E-state index contributed by atoms with van der Waals surface area (Å²) in [4.78, 5) is 50.5. The van der Waals surface area contributed by atoms with E-state index in [1.807, 2.05) is 0 Å². The van der Waals surface area contributed by atoms with Crippen LogP contribution in [0.25, 0.3) is 10.4 Å². The summed E-state index contributed by atoms with van der Waals surface area (Å²) in [5.41, 5.74) is 3.55. The molecule has 1 saturated heterocycles. The van der Waals surface area contributed by atoms with E-state index >= 15 is 0 Å². The molecule has 11 heteroatoms. The molecule has 0 spiro atoms. The van der Waals surface area contributed by atoms with E-state index in [1.165, 1.54) is 0 Å². The first kappa shape index (κ1) is 21.3. The highest BCUT2D eigenvalue weighted by Gasteiger charge is 2.66. The summed E-state index contributed by atoms with van der Waals surface area (Å²) in [5.74, 6) is -3.30. The van der Waals surface area contributed by atoms with Gasteiger partial charge in [-0.25, -0.2) is 0 Å². The summed E-state index contributed by atoms with van der Waals surface area (Å²) in [6.07, 6.45) is -1.91. The van der Waals surface area contributed by atoms with Gasteiger partial charge >= 0.3 is 0 Å². The van der Waals surface area contributed by atoms with E-state index in [0.29, 0.717) is 0 Å². The third-order valence-corrected chi connectivity index (χ3v) is 7.51. The van der Waals surface area contributed by atoms with Crippen molar-refractivity contribution in [3.63, 3.8) is 0 Å². The maximum absolute atomic E-state index is 12.2. The van der Waals surface area contributed by atoms with E-state index in [-0.39, 0.29) is 0 Å². The Morgan fingerprint density at radius 3 is 2.00 bits per heavy atom. The van der Waals surface area contributed by atoms with Gasteiger partial charge in [0.15, 0.2) is 22.5 Å². The predicted molar refractivity (Wildman–Crippen MR) is 89.2 cm³/mol. The molecule has 0 aromatic heterocycles. The Morgan fingerprint density at radius 2 is 1.68 bits per heavy atom. The van der Waals surface area contributed by atoms with Crippen molar-refractivity contribution in [2.45, 2.75) is 56.3 Å². The van der Waals surface area contributed by atoms with E-state index in [4.69, 9.17) is 5.53 Å². The molecular weight excluding hydrogens is 354 g/mol. The van der Waals surface area contributed by atoms with Crippen molar-refractivity contribution in [3.8, 4) is 0 Å². The fraction of sp³-hybridized carbons (Fsp3) is 0.714. The highest BCUT2D eigenvalue weighted by molar-refractivity contribution is 8.30. The van der Waals surface area contributed by atoms with Crippen molar-refractivity contribution in [1.29, 1.82) is 0 Å². The van der Waals surface area contributed by atoms with Crippen LogP contribution in [0.15, 0.2) is 5.11 Å². The number of carbonyl (C=O) groups is 4. The Kier molecular flexibility index (Phi) is 6.14. The Bertz CT molecular complexity index is 677. The van der Waals surface area contributed by atoms with E-state index in [0.717, 1.165) is 27.7 Å². The highest BCUT2D eigenvalue weighted by Crippen LogP contribution is 2.52. The summed E-state index contributed by atoms with van der Waals surface area (Å²) in [6.45, 7) is 3.99. The van der Waals surface area contributed by atoms with Crippen molar-refractivity contribution in [2.24, 2.45) is 5.11 Å². The molecule has 0 radical (unpaired) electrons. The highest BCUT2D eigenvalue weighted by atomic mass is 32.2. The number of carbonyl (C=O) groups excluding carboxylic acids is 4. The molecule has 1 rings (SSSR count). The van der Waals surface area contributed by atoms with Gasteiger partial charge in [0.1, 0.15) is 23.3 Å². The van der Waals surface area contributed by atoms with Crippen LogP contribution in [-0.2, 0) is 19.2 Å². The number of Topliss-reactive ketones (excluding diaryl/α,β-unsaturated/α-hetero) is 3. The molecule has 0 bridgehead atoms. The van der Waals surface area contributed by atoms with Crippen LogP contribution in [0.4, 0.5) is 0 Å². The smallest absolute Gasteiger partial charge is 0.166 e. The van der Waals surface area contributed by atoms with Gasteiger partial charge in [0, 0.05) is 17.6 Å². The van der Waals surface area contributed by atoms with Gasteiger partial charge in [-0.1, -0.05) is 5.11 Å². The van der Waals surface area contributed by atoms with Crippen LogP contribution in [0.3, 0.4) is 0 Å². The second-order valence-electron chi connectivity index (χ2n) is 6.12. The molecule has 1 aliphatic rings. The monoisotopic (exact) mass is 375 g/mol. The predicted octanol–water partition coefficient (Wildman–Crippen LogP) is -0.815. The molecule has 10 nitrogen and oxygen atoms in total. The van der Waals surface area contributed by atoms with Gasteiger partial charge in [0.25, 0.3) is 0 Å². The van der Waals surface area contributed by atoms with Gasteiger partial charge in [0.05, 0.1) is 5.25 Å². The second kappa shape index (κ2) is 7.22. The van der Waals surface area contributed by atoms with Gasteiger partial charge in [-0.15, -0.1) is 0 Å². The lowest BCUT2D eigenvalue weighted by atomic mass is 9.74. The minimum Gasteiger partial charge on any atom is -0.384 e. The summed E-state index contributed by atoms with van der Waals surface area (Å²) in [7, 11) is -2.18. The normalized spacial score (nSPS) is 37.5. The third-order valence-electron chi connectivity index (χ3n) is 4.53. The van der Waals surface area contributed by atoms with E-state index in [1.54, 1.807) is 0 Å². The van der Waals surface area contributed by atoms with Crippen molar-refractivity contribution < 1.29 is 34.5 Å². The molecule has 0 saturated carbocycles. The lowest BCUT2D eigenvalue weighted by Crippen LogP contribution is -2.74. The summed E-state index contributed by atoms with van der Waals surface area (Å²) >= 11 is 0. The van der Waals surface area contributed by atoms with Crippen LogP contribution in [0.1, 0.15) is 27.7 Å². The van der Waals surface area contributed by atoms with Crippen molar-refractivity contribution >= 4 is 33.4 Å². The van der Waals surface area contributed by atoms with E-state index < -0.39 is 67.7 Å². The standard InChI is InChI=1S/C14H21N3O7S/c1-6(18)10(22)11-14(24,8(3)20)12(16-17-15)13(23,7(2)19)5-25(11)9(4)21/h10-12,22-25H,5H2,1-4H3/t10?,11-,12-,13?,14?/m0/s1. The number of nitrogens with zero attached hydrogens (tertiary/aromatic N) is 3. The van der Waals surface area contributed by atoms with Gasteiger partial charge < -0.3 is 15.3 Å². The zero-order valence-corrected chi connectivity index (χ0v) is 15.1. The Hall–Kier alpha value is -1.78. The third kappa shape index (κ3) is 3.33. The van der Waals surface area contributed by atoms with Crippen LogP contribution in [0, 0.1) is 0 Å². The number of ketones is 3. The zero-order chi connectivity index (χ0) is 19.7. The number of hydrogen-bond donors (Lipinski definition) is 4. The number of rotatable bonds is 5.